The fraction of sp³-hybridized carbons (Fsp3) is 0.721. The predicted octanol–water partition coefficient (Wildman–Crippen LogP) is 18.8. The molecule has 0 aliphatic carbocycles. The first-order chi connectivity index (χ1) is 33.0. The van der Waals surface area contributed by atoms with Gasteiger partial charge in [-0.05, 0) is 96.3 Å². The molecule has 6 heteroatoms. The van der Waals surface area contributed by atoms with Crippen molar-refractivity contribution in [3.05, 3.63) is 85.1 Å². The number of unbranched alkanes of at least 4 members (excludes halogenated alkanes) is 25. The van der Waals surface area contributed by atoms with E-state index in [0.29, 0.717) is 19.3 Å². The molecule has 0 aromatic rings. The molecule has 384 valence electrons. The Morgan fingerprint density at radius 1 is 0.313 bits per heavy atom. The summed E-state index contributed by atoms with van der Waals surface area (Å²) in [6, 6.07) is 0. The van der Waals surface area contributed by atoms with Gasteiger partial charge >= 0.3 is 17.9 Å². The van der Waals surface area contributed by atoms with E-state index < -0.39 is 6.10 Å². The average molecular weight is 933 g/mol. The van der Waals surface area contributed by atoms with Crippen molar-refractivity contribution >= 4 is 17.9 Å². The van der Waals surface area contributed by atoms with E-state index >= 15 is 0 Å². The van der Waals surface area contributed by atoms with Crippen LogP contribution in [0.4, 0.5) is 0 Å². The van der Waals surface area contributed by atoms with Gasteiger partial charge < -0.3 is 14.2 Å². The number of ether oxygens (including phenoxy) is 3. The molecule has 0 amide bonds. The SMILES string of the molecule is CC/C=C\C/C=C\C/C=C\C/C=C\CCCCCCC(=O)OC[C@H](COC(=O)CCCCCCCCCCCCCCCCCCC)OC(=O)CCCC/C=C\C/C=C\C/C=C\CCCCC. The Bertz CT molecular complexity index is 1300. The van der Waals surface area contributed by atoms with E-state index in [1.54, 1.807) is 0 Å². The zero-order valence-corrected chi connectivity index (χ0v) is 43.9. The summed E-state index contributed by atoms with van der Waals surface area (Å²) in [5.74, 6) is -0.956. The fourth-order valence-electron chi connectivity index (χ4n) is 7.68. The van der Waals surface area contributed by atoms with E-state index in [-0.39, 0.29) is 37.5 Å². The van der Waals surface area contributed by atoms with Gasteiger partial charge in [0.25, 0.3) is 0 Å². The van der Waals surface area contributed by atoms with E-state index in [1.165, 1.54) is 116 Å². The lowest BCUT2D eigenvalue weighted by atomic mass is 10.0. The smallest absolute Gasteiger partial charge is 0.306 e. The maximum absolute atomic E-state index is 12.8. The highest BCUT2D eigenvalue weighted by molar-refractivity contribution is 5.71. The zero-order valence-electron chi connectivity index (χ0n) is 43.9. The van der Waals surface area contributed by atoms with Crippen LogP contribution < -0.4 is 0 Å². The van der Waals surface area contributed by atoms with Crippen molar-refractivity contribution in [3.8, 4) is 0 Å². The summed E-state index contributed by atoms with van der Waals surface area (Å²) in [5.41, 5.74) is 0. The molecule has 0 bridgehead atoms. The average Bonchev–Trinajstić information content (AvgIpc) is 3.33. The Kier molecular flexibility index (Phi) is 52.4. The molecule has 0 rings (SSSR count). The summed E-state index contributed by atoms with van der Waals surface area (Å²) in [5, 5.41) is 0. The second kappa shape index (κ2) is 55.2. The van der Waals surface area contributed by atoms with E-state index in [1.807, 2.05) is 0 Å². The Balaban J connectivity index is 4.46. The molecule has 0 saturated heterocycles. The van der Waals surface area contributed by atoms with Gasteiger partial charge in [0.05, 0.1) is 0 Å². The van der Waals surface area contributed by atoms with Gasteiger partial charge in [0.1, 0.15) is 13.2 Å². The molecule has 0 aliphatic heterocycles. The van der Waals surface area contributed by atoms with Crippen molar-refractivity contribution in [2.45, 2.75) is 271 Å². The summed E-state index contributed by atoms with van der Waals surface area (Å²) in [4.78, 5) is 38.1. The van der Waals surface area contributed by atoms with Crippen molar-refractivity contribution in [1.29, 1.82) is 0 Å². The number of hydrogen-bond acceptors (Lipinski definition) is 6. The van der Waals surface area contributed by atoms with Gasteiger partial charge in [0.2, 0.25) is 0 Å². The Labute approximate surface area is 414 Å². The van der Waals surface area contributed by atoms with Crippen molar-refractivity contribution in [1.82, 2.24) is 0 Å². The van der Waals surface area contributed by atoms with Crippen LogP contribution in [0.3, 0.4) is 0 Å². The highest BCUT2D eigenvalue weighted by Crippen LogP contribution is 2.15. The van der Waals surface area contributed by atoms with Gasteiger partial charge in [-0.2, -0.15) is 0 Å². The van der Waals surface area contributed by atoms with Gasteiger partial charge in [-0.15, -0.1) is 0 Å². The third-order valence-corrected chi connectivity index (χ3v) is 11.9. The second-order valence-electron chi connectivity index (χ2n) is 18.5. The van der Waals surface area contributed by atoms with Crippen LogP contribution in [0, 0.1) is 0 Å². The van der Waals surface area contributed by atoms with Crippen LogP contribution in [-0.2, 0) is 28.6 Å². The molecule has 0 saturated carbocycles. The van der Waals surface area contributed by atoms with Crippen LogP contribution in [0.2, 0.25) is 0 Å². The van der Waals surface area contributed by atoms with Crippen LogP contribution in [0.25, 0.3) is 0 Å². The third kappa shape index (κ3) is 53.4. The lowest BCUT2D eigenvalue weighted by Crippen LogP contribution is -2.30. The minimum Gasteiger partial charge on any atom is -0.462 e. The minimum atomic E-state index is -0.806. The number of carbonyl (C=O) groups is 3. The summed E-state index contributed by atoms with van der Waals surface area (Å²) in [7, 11) is 0. The van der Waals surface area contributed by atoms with Crippen LogP contribution in [-0.4, -0.2) is 37.2 Å². The van der Waals surface area contributed by atoms with Crippen LogP contribution in [0.5, 0.6) is 0 Å². The van der Waals surface area contributed by atoms with E-state index in [0.717, 1.165) is 103 Å². The number of hydrogen-bond donors (Lipinski definition) is 0. The lowest BCUT2D eigenvalue weighted by Gasteiger charge is -2.18. The fourth-order valence-corrected chi connectivity index (χ4v) is 7.68. The maximum Gasteiger partial charge on any atom is 0.306 e. The van der Waals surface area contributed by atoms with E-state index in [9.17, 15) is 14.4 Å². The number of rotatable bonds is 50. The van der Waals surface area contributed by atoms with Gasteiger partial charge in [0, 0.05) is 19.3 Å². The molecule has 6 nitrogen and oxygen atoms in total. The summed E-state index contributed by atoms with van der Waals surface area (Å²) in [6.45, 7) is 6.46. The molecule has 1 atom stereocenters. The quantitative estimate of drug-likeness (QED) is 0.0262. The first-order valence-corrected chi connectivity index (χ1v) is 28.1. The van der Waals surface area contributed by atoms with Gasteiger partial charge in [-0.1, -0.05) is 234 Å². The molecule has 0 heterocycles. The highest BCUT2D eigenvalue weighted by Gasteiger charge is 2.19. The van der Waals surface area contributed by atoms with Crippen molar-refractivity contribution in [2.24, 2.45) is 0 Å². The molecule has 67 heavy (non-hydrogen) atoms. The molecule has 0 aromatic carbocycles. The van der Waals surface area contributed by atoms with Crippen molar-refractivity contribution < 1.29 is 28.6 Å². The normalized spacial score (nSPS) is 12.7. The second-order valence-corrected chi connectivity index (χ2v) is 18.5. The maximum atomic E-state index is 12.8. The largest absolute Gasteiger partial charge is 0.462 e. The van der Waals surface area contributed by atoms with Gasteiger partial charge in [-0.25, -0.2) is 0 Å². The standard InChI is InChI=1S/C61H104O6/c1-4-7-10-13-16-19-22-25-28-30-33-35-38-41-44-47-50-53-59(62)65-56-58(67-61(64)55-52-49-46-43-40-37-32-27-24-21-18-15-12-9-6-3)57-66-60(63)54-51-48-45-42-39-36-34-31-29-26-23-20-17-14-11-8-5-2/h7,10,16,18-19,21,25,27-28,32-33,35,40,43,58H,4-6,8-9,11-15,17,20,22-24,26,29-31,34,36-39,41-42,44-57H2,1-3H3/b10-7-,19-16-,21-18-,28-25-,32-27-,35-33-,43-40-/t58-/m1/s1. The summed E-state index contributed by atoms with van der Waals surface area (Å²) in [6.07, 6.45) is 71.4. The Hall–Kier alpha value is -3.41. The van der Waals surface area contributed by atoms with Crippen LogP contribution in [0.1, 0.15) is 265 Å². The van der Waals surface area contributed by atoms with Crippen molar-refractivity contribution in [2.75, 3.05) is 13.2 Å². The first-order valence-electron chi connectivity index (χ1n) is 28.1. The Morgan fingerprint density at radius 3 is 0.970 bits per heavy atom. The zero-order chi connectivity index (χ0) is 48.6. The highest BCUT2D eigenvalue weighted by atomic mass is 16.6. The number of esters is 3. The molecular formula is C61H104O6. The monoisotopic (exact) mass is 933 g/mol. The third-order valence-electron chi connectivity index (χ3n) is 11.9. The summed E-state index contributed by atoms with van der Waals surface area (Å²) >= 11 is 0. The van der Waals surface area contributed by atoms with Gasteiger partial charge in [0.15, 0.2) is 6.10 Å². The predicted molar refractivity (Wildman–Crippen MR) is 288 cm³/mol. The molecule has 0 aromatic heterocycles. The number of carbonyl (C=O) groups excluding carboxylic acids is 3. The van der Waals surface area contributed by atoms with Crippen LogP contribution in [0.15, 0.2) is 85.1 Å². The van der Waals surface area contributed by atoms with Gasteiger partial charge in [-0.3, -0.25) is 14.4 Å². The topological polar surface area (TPSA) is 78.9 Å². The lowest BCUT2D eigenvalue weighted by molar-refractivity contribution is -0.167. The molecule has 0 radical (unpaired) electrons. The van der Waals surface area contributed by atoms with E-state index in [2.05, 4.69) is 106 Å². The first kappa shape index (κ1) is 63.6. The Morgan fingerprint density at radius 2 is 0.582 bits per heavy atom. The molecule has 0 unspecified atom stereocenters. The van der Waals surface area contributed by atoms with Crippen LogP contribution >= 0.6 is 0 Å². The molecule has 0 spiro atoms. The molecular weight excluding hydrogens is 829 g/mol. The minimum absolute atomic E-state index is 0.0982. The molecule has 0 N–H and O–H groups in total. The molecule has 0 fully saturated rings. The van der Waals surface area contributed by atoms with E-state index in [4.69, 9.17) is 14.2 Å². The number of allylic oxidation sites excluding steroid dienone is 14. The summed E-state index contributed by atoms with van der Waals surface area (Å²) < 4.78 is 16.8. The van der Waals surface area contributed by atoms with Crippen molar-refractivity contribution in [3.63, 3.8) is 0 Å². The molecule has 0 aliphatic rings.